The molecule has 0 fully saturated rings. The predicted molar refractivity (Wildman–Crippen MR) is 63.8 cm³/mol. The van der Waals surface area contributed by atoms with Crippen molar-refractivity contribution in [3.63, 3.8) is 0 Å². The molecule has 2 nitrogen and oxygen atoms in total. The maximum absolute atomic E-state index is 10.8. The van der Waals surface area contributed by atoms with Crippen LogP contribution in [0, 0.1) is 6.92 Å². The van der Waals surface area contributed by atoms with Crippen LogP contribution in [-0.4, -0.2) is 10.7 Å². The molecule has 0 amide bonds. The number of thioether (sulfide) groups is 1. The molecule has 0 unspecified atom stereocenters. The molecular weight excluding hydrogens is 276 g/mol. The summed E-state index contributed by atoms with van der Waals surface area (Å²) >= 11 is 4.69. The molecule has 0 N–H and O–H groups in total. The molecule has 0 aliphatic heterocycles. The van der Waals surface area contributed by atoms with Crippen molar-refractivity contribution in [2.45, 2.75) is 30.4 Å². The van der Waals surface area contributed by atoms with Crippen molar-refractivity contribution in [1.82, 2.24) is 0 Å². The second-order valence-corrected chi connectivity index (χ2v) is 6.36. The van der Waals surface area contributed by atoms with E-state index in [9.17, 15) is 9.90 Å². The number of aryl methyl sites for hydroxylation is 1. The Balaban J connectivity index is 2.91. The Bertz CT molecular complexity index is 388. The van der Waals surface area contributed by atoms with E-state index >= 15 is 0 Å². The molecule has 1 aromatic carbocycles. The van der Waals surface area contributed by atoms with Gasteiger partial charge in [-0.3, -0.25) is 0 Å². The fourth-order valence-corrected chi connectivity index (χ4v) is 2.31. The molecule has 0 heterocycles. The largest absolute Gasteiger partial charge is 0.549 e. The summed E-state index contributed by atoms with van der Waals surface area (Å²) in [5.74, 6) is -1.05. The van der Waals surface area contributed by atoms with Crippen LogP contribution in [0.15, 0.2) is 27.6 Å². The van der Waals surface area contributed by atoms with E-state index in [0.717, 1.165) is 14.9 Å². The van der Waals surface area contributed by atoms with Crippen molar-refractivity contribution in [1.29, 1.82) is 0 Å². The molecular formula is C11H12BrO2S-. The van der Waals surface area contributed by atoms with Gasteiger partial charge in [0.15, 0.2) is 0 Å². The van der Waals surface area contributed by atoms with Gasteiger partial charge in [-0.25, -0.2) is 0 Å². The van der Waals surface area contributed by atoms with Crippen LogP contribution < -0.4 is 5.11 Å². The van der Waals surface area contributed by atoms with Crippen LogP contribution in [0.3, 0.4) is 0 Å². The van der Waals surface area contributed by atoms with Crippen LogP contribution in [0.5, 0.6) is 0 Å². The summed E-state index contributed by atoms with van der Waals surface area (Å²) in [4.78, 5) is 11.8. The summed E-state index contributed by atoms with van der Waals surface area (Å²) in [7, 11) is 0. The lowest BCUT2D eigenvalue weighted by molar-refractivity contribution is -0.308. The molecule has 0 aliphatic rings. The van der Waals surface area contributed by atoms with Crippen molar-refractivity contribution >= 4 is 33.7 Å². The quantitative estimate of drug-likeness (QED) is 0.802. The smallest absolute Gasteiger partial charge is 0.0573 e. The summed E-state index contributed by atoms with van der Waals surface area (Å²) in [6.45, 7) is 5.26. The zero-order valence-corrected chi connectivity index (χ0v) is 11.2. The third-order valence-corrected chi connectivity index (χ3v) is 4.05. The van der Waals surface area contributed by atoms with Gasteiger partial charge in [-0.15, -0.1) is 11.8 Å². The monoisotopic (exact) mass is 287 g/mol. The first-order chi connectivity index (χ1) is 6.83. The maximum Gasteiger partial charge on any atom is 0.0573 e. The van der Waals surface area contributed by atoms with E-state index in [4.69, 9.17) is 0 Å². The van der Waals surface area contributed by atoms with Crippen LogP contribution in [0.1, 0.15) is 19.4 Å². The van der Waals surface area contributed by atoms with Gasteiger partial charge in [-0.05, 0) is 44.5 Å². The second kappa shape index (κ2) is 4.58. The van der Waals surface area contributed by atoms with Crippen molar-refractivity contribution in [2.75, 3.05) is 0 Å². The van der Waals surface area contributed by atoms with Gasteiger partial charge in [0.25, 0.3) is 0 Å². The van der Waals surface area contributed by atoms with E-state index in [1.165, 1.54) is 11.8 Å². The molecule has 4 heteroatoms. The maximum atomic E-state index is 10.8. The molecule has 82 valence electrons. The molecule has 0 bridgehead atoms. The van der Waals surface area contributed by atoms with Crippen LogP contribution in [-0.2, 0) is 4.79 Å². The molecule has 0 spiro atoms. The minimum atomic E-state index is -1.05. The van der Waals surface area contributed by atoms with Crippen molar-refractivity contribution in [3.05, 3.63) is 28.2 Å². The molecule has 1 aromatic rings. The highest BCUT2D eigenvalue weighted by Crippen LogP contribution is 2.33. The molecule has 1 rings (SSSR count). The van der Waals surface area contributed by atoms with E-state index in [1.54, 1.807) is 13.8 Å². The van der Waals surface area contributed by atoms with E-state index in [1.807, 2.05) is 25.1 Å². The van der Waals surface area contributed by atoms with Gasteiger partial charge in [-0.1, -0.05) is 15.9 Å². The topological polar surface area (TPSA) is 40.1 Å². The molecule has 0 aliphatic carbocycles. The lowest BCUT2D eigenvalue weighted by Gasteiger charge is -2.25. The zero-order valence-electron chi connectivity index (χ0n) is 8.83. The Morgan fingerprint density at radius 1 is 1.47 bits per heavy atom. The van der Waals surface area contributed by atoms with Crippen molar-refractivity contribution in [2.24, 2.45) is 0 Å². The summed E-state index contributed by atoms with van der Waals surface area (Å²) in [6, 6.07) is 5.77. The Kier molecular flexibility index (Phi) is 3.84. The summed E-state index contributed by atoms with van der Waals surface area (Å²) in [6.07, 6.45) is 0. The average molecular weight is 288 g/mol. The van der Waals surface area contributed by atoms with Gasteiger partial charge < -0.3 is 9.90 Å². The number of benzene rings is 1. The molecule has 0 saturated heterocycles. The first-order valence-corrected chi connectivity index (χ1v) is 6.10. The second-order valence-electron chi connectivity index (χ2n) is 3.81. The highest BCUT2D eigenvalue weighted by molar-refractivity contribution is 9.10. The normalized spacial score (nSPS) is 11.5. The Hall–Kier alpha value is -0.480. The van der Waals surface area contributed by atoms with E-state index in [-0.39, 0.29) is 0 Å². The number of carbonyl (C=O) groups excluding carboxylic acids is 1. The van der Waals surface area contributed by atoms with Crippen LogP contribution in [0.4, 0.5) is 0 Å². The average Bonchev–Trinajstić information content (AvgIpc) is 2.10. The number of carbonyl (C=O) groups is 1. The van der Waals surface area contributed by atoms with Crippen molar-refractivity contribution < 1.29 is 9.90 Å². The van der Waals surface area contributed by atoms with Gasteiger partial charge in [-0.2, -0.15) is 0 Å². The number of hydrogen-bond donors (Lipinski definition) is 0. The number of carboxylic acids is 1. The first kappa shape index (κ1) is 12.6. The summed E-state index contributed by atoms with van der Waals surface area (Å²) in [5.41, 5.74) is 1.09. The molecule has 0 radical (unpaired) electrons. The number of rotatable bonds is 3. The van der Waals surface area contributed by atoms with Crippen LogP contribution in [0.25, 0.3) is 0 Å². The number of carboxylic acid groups (broad SMARTS) is 1. The fourth-order valence-electron chi connectivity index (χ4n) is 1.02. The standard InChI is InChI=1S/C11H13BrO2S/c1-7-6-8(4-5-9(7)12)15-11(2,3)10(13)14/h4-6H,1-3H3,(H,13,14)/p-1. The number of hydrogen-bond acceptors (Lipinski definition) is 3. The van der Waals surface area contributed by atoms with Crippen LogP contribution in [0.2, 0.25) is 0 Å². The fraction of sp³-hybridized carbons (Fsp3) is 0.364. The third-order valence-electron chi connectivity index (χ3n) is 1.99. The minimum absolute atomic E-state index is 0.903. The minimum Gasteiger partial charge on any atom is -0.549 e. The number of aliphatic carboxylic acids is 1. The first-order valence-electron chi connectivity index (χ1n) is 4.49. The highest BCUT2D eigenvalue weighted by Gasteiger charge is 2.20. The zero-order chi connectivity index (χ0) is 11.6. The lowest BCUT2D eigenvalue weighted by Crippen LogP contribution is -2.40. The van der Waals surface area contributed by atoms with Gasteiger partial charge in [0.05, 0.1) is 10.7 Å². The number of halogens is 1. The Morgan fingerprint density at radius 3 is 2.53 bits per heavy atom. The molecule has 0 atom stereocenters. The molecule has 0 aromatic heterocycles. The SMILES string of the molecule is Cc1cc(SC(C)(C)C(=O)[O-])ccc1Br. The lowest BCUT2D eigenvalue weighted by atomic mass is 10.2. The molecule has 0 saturated carbocycles. The third kappa shape index (κ3) is 3.24. The van der Waals surface area contributed by atoms with Gasteiger partial charge in [0, 0.05) is 9.37 Å². The van der Waals surface area contributed by atoms with E-state index in [0.29, 0.717) is 0 Å². The predicted octanol–water partition coefficient (Wildman–Crippen LogP) is 2.38. The van der Waals surface area contributed by atoms with E-state index < -0.39 is 10.7 Å². The van der Waals surface area contributed by atoms with E-state index in [2.05, 4.69) is 15.9 Å². The Morgan fingerprint density at radius 2 is 2.07 bits per heavy atom. The van der Waals surface area contributed by atoms with Gasteiger partial charge in [0.1, 0.15) is 0 Å². The van der Waals surface area contributed by atoms with Gasteiger partial charge >= 0.3 is 0 Å². The highest BCUT2D eigenvalue weighted by atomic mass is 79.9. The van der Waals surface area contributed by atoms with Crippen molar-refractivity contribution in [3.8, 4) is 0 Å². The summed E-state index contributed by atoms with van der Waals surface area (Å²) < 4.78 is 0.124. The van der Waals surface area contributed by atoms with Gasteiger partial charge in [0.2, 0.25) is 0 Å². The summed E-state index contributed by atoms with van der Waals surface area (Å²) in [5, 5.41) is 10.8. The van der Waals surface area contributed by atoms with Crippen LogP contribution >= 0.6 is 27.7 Å². The Labute approximate surface area is 102 Å². The molecule has 15 heavy (non-hydrogen) atoms.